The Morgan fingerprint density at radius 2 is 0.970 bits per heavy atom. The first-order valence-corrected chi connectivity index (χ1v) is 22.9. The first-order chi connectivity index (χ1) is 32.7. The monoisotopic (exact) mass is 841 g/mol. The zero-order chi connectivity index (χ0) is 43.6. The highest BCUT2D eigenvalue weighted by Gasteiger charge is 2.46. The fourth-order valence-corrected chi connectivity index (χ4v) is 11.1. The maximum absolute atomic E-state index is 6.61. The molecule has 0 atom stereocenters. The van der Waals surface area contributed by atoms with Crippen LogP contribution in [-0.2, 0) is 12.0 Å². The van der Waals surface area contributed by atoms with Crippen LogP contribution in [0.1, 0.15) is 27.8 Å². The van der Waals surface area contributed by atoms with Gasteiger partial charge in [0, 0.05) is 28.7 Å². The molecular formula is C64H43NO. The van der Waals surface area contributed by atoms with E-state index in [0.717, 1.165) is 33.3 Å². The Kier molecular flexibility index (Phi) is 8.86. The van der Waals surface area contributed by atoms with Gasteiger partial charge in [-0.3, -0.25) is 0 Å². The Labute approximate surface area is 384 Å². The van der Waals surface area contributed by atoms with Gasteiger partial charge in [-0.15, -0.1) is 0 Å². The summed E-state index contributed by atoms with van der Waals surface area (Å²) in [5.74, 6) is 0. The highest BCUT2D eigenvalue weighted by Crippen LogP contribution is 2.56. The minimum Gasteiger partial charge on any atom is -0.456 e. The smallest absolute Gasteiger partial charge is 0.136 e. The van der Waals surface area contributed by atoms with Gasteiger partial charge in [-0.25, -0.2) is 0 Å². The zero-order valence-corrected chi connectivity index (χ0v) is 36.2. The third-order valence-corrected chi connectivity index (χ3v) is 14.0. The van der Waals surface area contributed by atoms with Crippen LogP contribution >= 0.6 is 0 Å². The second-order valence-electron chi connectivity index (χ2n) is 17.6. The third kappa shape index (κ3) is 5.96. The average Bonchev–Trinajstić information content (AvgIpc) is 3.92. The van der Waals surface area contributed by atoms with Crippen LogP contribution in [0.4, 0.5) is 11.4 Å². The lowest BCUT2D eigenvalue weighted by molar-refractivity contribution is 0.669. The first-order valence-electron chi connectivity index (χ1n) is 22.9. The van der Waals surface area contributed by atoms with Crippen LogP contribution in [0.15, 0.2) is 253 Å². The summed E-state index contributed by atoms with van der Waals surface area (Å²) in [5.41, 5.74) is 17.1. The van der Waals surface area contributed by atoms with Gasteiger partial charge in [0.2, 0.25) is 0 Å². The van der Waals surface area contributed by atoms with Crippen LogP contribution in [-0.4, -0.2) is 0 Å². The molecule has 0 amide bonds. The van der Waals surface area contributed by atoms with Gasteiger partial charge in [-0.05, 0) is 125 Å². The predicted octanol–water partition coefficient (Wildman–Crippen LogP) is 16.9. The molecule has 0 spiro atoms. The van der Waals surface area contributed by atoms with Gasteiger partial charge in [-0.1, -0.05) is 206 Å². The maximum atomic E-state index is 6.61. The van der Waals surface area contributed by atoms with Gasteiger partial charge in [-0.2, -0.15) is 0 Å². The fraction of sp³-hybridized carbons (Fsp3) is 0.0312. The molecule has 2 nitrogen and oxygen atoms in total. The lowest BCUT2D eigenvalue weighted by Gasteiger charge is -2.35. The maximum Gasteiger partial charge on any atom is 0.136 e. The quantitative estimate of drug-likeness (QED) is 0.142. The van der Waals surface area contributed by atoms with Gasteiger partial charge in [0.25, 0.3) is 0 Å². The van der Waals surface area contributed by atoms with Crippen molar-refractivity contribution in [3.8, 4) is 33.4 Å². The fourth-order valence-electron chi connectivity index (χ4n) is 11.1. The van der Waals surface area contributed by atoms with Crippen LogP contribution in [0.25, 0.3) is 76.9 Å². The van der Waals surface area contributed by atoms with Gasteiger partial charge >= 0.3 is 0 Å². The molecule has 0 saturated heterocycles. The summed E-state index contributed by atoms with van der Waals surface area (Å²) in [4.78, 5) is 2.51. The summed E-state index contributed by atoms with van der Waals surface area (Å²) in [6, 6.07) is 91.2. The van der Waals surface area contributed by atoms with E-state index < -0.39 is 5.41 Å². The summed E-state index contributed by atoms with van der Waals surface area (Å²) in [6.45, 7) is 0.611. The summed E-state index contributed by atoms with van der Waals surface area (Å²) >= 11 is 0. The summed E-state index contributed by atoms with van der Waals surface area (Å²) < 4.78 is 6.61. The van der Waals surface area contributed by atoms with Gasteiger partial charge in [0.1, 0.15) is 11.2 Å². The number of furan rings is 1. The van der Waals surface area contributed by atoms with Crippen molar-refractivity contribution in [2.45, 2.75) is 12.0 Å². The van der Waals surface area contributed by atoms with Crippen molar-refractivity contribution < 1.29 is 4.42 Å². The number of nitrogens with zero attached hydrogens (tertiary/aromatic N) is 1. The summed E-state index contributed by atoms with van der Waals surface area (Å²) in [5, 5.41) is 7.23. The van der Waals surface area contributed by atoms with E-state index in [1.54, 1.807) is 0 Å². The topological polar surface area (TPSA) is 16.4 Å². The Hall–Kier alpha value is -8.46. The number of hydrogen-bond donors (Lipinski definition) is 0. The van der Waals surface area contributed by atoms with Crippen molar-refractivity contribution in [3.63, 3.8) is 0 Å². The Morgan fingerprint density at radius 3 is 1.76 bits per heavy atom. The van der Waals surface area contributed by atoms with Crippen molar-refractivity contribution in [3.05, 3.63) is 277 Å². The minimum absolute atomic E-state index is 0.525. The molecule has 0 saturated carbocycles. The molecule has 1 heterocycles. The molecule has 12 aromatic rings. The molecule has 1 aliphatic carbocycles. The zero-order valence-electron chi connectivity index (χ0n) is 36.2. The third-order valence-electron chi connectivity index (χ3n) is 14.0. The van der Waals surface area contributed by atoms with Crippen molar-refractivity contribution >= 4 is 54.9 Å². The molecule has 1 aliphatic rings. The number of rotatable bonds is 8. The van der Waals surface area contributed by atoms with Crippen LogP contribution in [0.5, 0.6) is 0 Å². The van der Waals surface area contributed by atoms with Gasteiger partial charge < -0.3 is 9.32 Å². The molecule has 2 heteroatoms. The largest absolute Gasteiger partial charge is 0.456 e. The predicted molar refractivity (Wildman–Crippen MR) is 276 cm³/mol. The van der Waals surface area contributed by atoms with Crippen molar-refractivity contribution in [1.82, 2.24) is 0 Å². The molecule has 0 bridgehead atoms. The van der Waals surface area contributed by atoms with Crippen molar-refractivity contribution in [2.24, 2.45) is 0 Å². The van der Waals surface area contributed by atoms with E-state index >= 15 is 0 Å². The van der Waals surface area contributed by atoms with Crippen molar-refractivity contribution in [1.29, 1.82) is 0 Å². The lowest BCUT2D eigenvalue weighted by atomic mass is 9.67. The van der Waals surface area contributed by atoms with Crippen LogP contribution < -0.4 is 4.90 Å². The minimum atomic E-state index is -0.525. The second kappa shape index (κ2) is 15.4. The lowest BCUT2D eigenvalue weighted by Crippen LogP contribution is -2.29. The standard InChI is InChI=1S/C64H43NO/c1-3-16-43(17-4-1)44-32-36-51(37-33-44)65(52-22-15-21-50(41-52)64(49-19-5-2-6-20-49)58-27-12-9-24-55(58)56-25-10-13-28-59(56)64)42-48-35-39-61-63(57-26-11-14-29-60(57)66-61)62(48)47-34-38-54-46(40-47)31-30-45-18-7-8-23-53(45)54/h1-41H,42H2. The SMILES string of the molecule is c1ccc(-c2ccc(N(Cc3ccc4oc5ccccc5c4c3-c3ccc4c(ccc5ccccc54)c3)c3cccc(C4(c5ccccc5)c5ccccc5-c5ccccc54)c3)cc2)cc1. The van der Waals surface area contributed by atoms with Crippen LogP contribution in [0.3, 0.4) is 0 Å². The molecular weight excluding hydrogens is 799 g/mol. The van der Waals surface area contributed by atoms with E-state index in [0.29, 0.717) is 6.54 Å². The number of benzene rings is 11. The average molecular weight is 842 g/mol. The highest BCUT2D eigenvalue weighted by atomic mass is 16.3. The number of anilines is 2. The highest BCUT2D eigenvalue weighted by molar-refractivity contribution is 6.15. The number of para-hydroxylation sites is 1. The van der Waals surface area contributed by atoms with Crippen LogP contribution in [0.2, 0.25) is 0 Å². The van der Waals surface area contributed by atoms with E-state index in [1.165, 1.54) is 82.7 Å². The Bertz CT molecular complexity index is 3740. The number of hydrogen-bond acceptors (Lipinski definition) is 2. The molecule has 11 aromatic carbocycles. The van der Waals surface area contributed by atoms with E-state index in [-0.39, 0.29) is 0 Å². The van der Waals surface area contributed by atoms with Gasteiger partial charge in [0.15, 0.2) is 0 Å². The molecule has 310 valence electrons. The second-order valence-corrected chi connectivity index (χ2v) is 17.6. The molecule has 0 aliphatic heterocycles. The summed E-state index contributed by atoms with van der Waals surface area (Å²) in [7, 11) is 0. The number of fused-ring (bicyclic) bond motifs is 9. The van der Waals surface area contributed by atoms with E-state index in [2.05, 4.69) is 254 Å². The van der Waals surface area contributed by atoms with Gasteiger partial charge in [0.05, 0.1) is 5.41 Å². The van der Waals surface area contributed by atoms with Crippen LogP contribution in [0, 0.1) is 0 Å². The van der Waals surface area contributed by atoms with E-state index in [4.69, 9.17) is 4.42 Å². The molecule has 0 fully saturated rings. The first kappa shape index (κ1) is 38.0. The molecule has 0 N–H and O–H groups in total. The molecule has 0 unspecified atom stereocenters. The molecule has 0 radical (unpaired) electrons. The Morgan fingerprint density at radius 1 is 0.364 bits per heavy atom. The molecule has 1 aromatic heterocycles. The Balaban J connectivity index is 1.04. The molecule has 66 heavy (non-hydrogen) atoms. The summed E-state index contributed by atoms with van der Waals surface area (Å²) in [6.07, 6.45) is 0. The normalized spacial score (nSPS) is 12.7. The van der Waals surface area contributed by atoms with E-state index in [9.17, 15) is 0 Å². The van der Waals surface area contributed by atoms with E-state index in [1.807, 2.05) is 0 Å². The molecule has 13 rings (SSSR count). The van der Waals surface area contributed by atoms with Crippen molar-refractivity contribution in [2.75, 3.05) is 4.90 Å².